The van der Waals surface area contributed by atoms with Crippen LogP contribution in [-0.2, 0) is 6.54 Å². The molecule has 0 aromatic heterocycles. The van der Waals surface area contributed by atoms with Gasteiger partial charge in [0.1, 0.15) is 11.5 Å². The number of benzene rings is 1. The Balaban J connectivity index is 0.00000676. The Morgan fingerprint density at radius 1 is 1.19 bits per heavy atom. The Kier molecular flexibility index (Phi) is 12.1. The highest BCUT2D eigenvalue weighted by molar-refractivity contribution is 14.0. The summed E-state index contributed by atoms with van der Waals surface area (Å²) in [4.78, 5) is 3.93. The van der Waals surface area contributed by atoms with Crippen molar-refractivity contribution in [2.75, 3.05) is 20.7 Å². The standard InChI is InChI=1S/C16H22F5N3O2.HI/c1-22-15(23-8-4-3-7-16(19,20)21)24-10-11-9-12(25-2)5-6-13(11)26-14(17)18;/h5-6,9,14H,3-4,7-8,10H2,1-2H3,(H2,22,23,24);1H. The molecule has 0 fully saturated rings. The van der Waals surface area contributed by atoms with E-state index >= 15 is 0 Å². The van der Waals surface area contributed by atoms with Crippen LogP contribution in [0.3, 0.4) is 0 Å². The smallest absolute Gasteiger partial charge is 0.389 e. The van der Waals surface area contributed by atoms with Crippen molar-refractivity contribution in [1.82, 2.24) is 10.6 Å². The molecule has 27 heavy (non-hydrogen) atoms. The molecule has 5 nitrogen and oxygen atoms in total. The topological polar surface area (TPSA) is 54.9 Å². The van der Waals surface area contributed by atoms with Crippen molar-refractivity contribution in [2.24, 2.45) is 4.99 Å². The van der Waals surface area contributed by atoms with Gasteiger partial charge in [-0.1, -0.05) is 0 Å². The summed E-state index contributed by atoms with van der Waals surface area (Å²) in [7, 11) is 2.94. The van der Waals surface area contributed by atoms with Gasteiger partial charge in [-0.2, -0.15) is 22.0 Å². The van der Waals surface area contributed by atoms with Crippen molar-refractivity contribution in [3.05, 3.63) is 23.8 Å². The van der Waals surface area contributed by atoms with Crippen molar-refractivity contribution in [3.63, 3.8) is 0 Å². The number of alkyl halides is 5. The van der Waals surface area contributed by atoms with Crippen LogP contribution in [-0.4, -0.2) is 39.4 Å². The minimum absolute atomic E-state index is 0. The number of hydrogen-bond donors (Lipinski definition) is 2. The van der Waals surface area contributed by atoms with Crippen molar-refractivity contribution in [3.8, 4) is 11.5 Å². The third kappa shape index (κ3) is 11.0. The van der Waals surface area contributed by atoms with Crippen LogP contribution in [0.25, 0.3) is 0 Å². The van der Waals surface area contributed by atoms with Gasteiger partial charge in [0.25, 0.3) is 0 Å². The highest BCUT2D eigenvalue weighted by Gasteiger charge is 2.25. The molecule has 0 atom stereocenters. The third-order valence-corrected chi connectivity index (χ3v) is 3.33. The lowest BCUT2D eigenvalue weighted by molar-refractivity contribution is -0.135. The maximum absolute atomic E-state index is 12.5. The van der Waals surface area contributed by atoms with Gasteiger partial charge in [-0.05, 0) is 31.0 Å². The van der Waals surface area contributed by atoms with Crippen molar-refractivity contribution >= 4 is 29.9 Å². The second kappa shape index (κ2) is 12.8. The first kappa shape index (κ1) is 25.5. The Morgan fingerprint density at radius 2 is 1.89 bits per heavy atom. The fraction of sp³-hybridized carbons (Fsp3) is 0.562. The molecule has 11 heteroatoms. The lowest BCUT2D eigenvalue weighted by Crippen LogP contribution is -2.37. The molecule has 156 valence electrons. The van der Waals surface area contributed by atoms with E-state index in [2.05, 4.69) is 20.4 Å². The van der Waals surface area contributed by atoms with Crippen molar-refractivity contribution in [1.29, 1.82) is 0 Å². The van der Waals surface area contributed by atoms with Gasteiger partial charge in [-0.15, -0.1) is 24.0 Å². The molecular weight excluding hydrogens is 488 g/mol. The van der Waals surface area contributed by atoms with Crippen LogP contribution in [0.2, 0.25) is 0 Å². The molecule has 1 rings (SSSR count). The SMILES string of the molecule is CN=C(NCCCCC(F)(F)F)NCc1cc(OC)ccc1OC(F)F.I. The molecule has 0 unspecified atom stereocenters. The molecule has 0 bridgehead atoms. The number of nitrogens with one attached hydrogen (secondary N) is 2. The zero-order chi connectivity index (χ0) is 19.6. The number of rotatable bonds is 9. The summed E-state index contributed by atoms with van der Waals surface area (Å²) in [6, 6.07) is 4.41. The maximum atomic E-state index is 12.5. The second-order valence-electron chi connectivity index (χ2n) is 5.28. The monoisotopic (exact) mass is 511 g/mol. The molecule has 0 saturated carbocycles. The summed E-state index contributed by atoms with van der Waals surface area (Å²) in [5.74, 6) is 0.801. The van der Waals surface area contributed by atoms with Gasteiger partial charge in [0, 0.05) is 32.1 Å². The summed E-state index contributed by atoms with van der Waals surface area (Å²) >= 11 is 0. The number of halogens is 6. The van der Waals surface area contributed by atoms with Gasteiger partial charge in [-0.3, -0.25) is 4.99 Å². The van der Waals surface area contributed by atoms with E-state index < -0.39 is 19.2 Å². The fourth-order valence-corrected chi connectivity index (χ4v) is 2.09. The molecule has 0 spiro atoms. The molecule has 1 aromatic carbocycles. The molecule has 0 radical (unpaired) electrons. The summed E-state index contributed by atoms with van der Waals surface area (Å²) in [6.07, 6.45) is -4.67. The van der Waals surface area contributed by atoms with Gasteiger partial charge in [0.2, 0.25) is 0 Å². The van der Waals surface area contributed by atoms with E-state index in [1.807, 2.05) is 0 Å². The van der Waals surface area contributed by atoms with E-state index in [1.165, 1.54) is 26.3 Å². The zero-order valence-corrected chi connectivity index (χ0v) is 17.2. The van der Waals surface area contributed by atoms with E-state index in [0.717, 1.165) is 0 Å². The Labute approximate surface area is 171 Å². The first-order valence-electron chi connectivity index (χ1n) is 7.88. The summed E-state index contributed by atoms with van der Waals surface area (Å²) in [5, 5.41) is 5.76. The normalized spacial score (nSPS) is 11.8. The fourth-order valence-electron chi connectivity index (χ4n) is 2.09. The van der Waals surface area contributed by atoms with Crippen LogP contribution in [0.1, 0.15) is 24.8 Å². The number of guanidine groups is 1. The number of hydrogen-bond acceptors (Lipinski definition) is 3. The van der Waals surface area contributed by atoms with Crippen LogP contribution >= 0.6 is 24.0 Å². The van der Waals surface area contributed by atoms with Gasteiger partial charge in [0.05, 0.1) is 7.11 Å². The van der Waals surface area contributed by atoms with Crippen LogP contribution in [0.4, 0.5) is 22.0 Å². The molecule has 0 heterocycles. The summed E-state index contributed by atoms with van der Waals surface area (Å²) in [6.45, 7) is -2.55. The number of ether oxygens (including phenoxy) is 2. The lowest BCUT2D eigenvalue weighted by atomic mass is 10.2. The Hall–Kier alpha value is -1.53. The predicted octanol–water partition coefficient (Wildman–Crippen LogP) is 4.31. The molecule has 0 aliphatic carbocycles. The molecular formula is C16H23F5IN3O2. The minimum atomic E-state index is -4.16. The van der Waals surface area contributed by atoms with Gasteiger partial charge in [-0.25, -0.2) is 0 Å². The van der Waals surface area contributed by atoms with E-state index in [-0.39, 0.29) is 42.7 Å². The Morgan fingerprint density at radius 3 is 2.44 bits per heavy atom. The summed E-state index contributed by atoms with van der Waals surface area (Å²) in [5.41, 5.74) is 0.421. The van der Waals surface area contributed by atoms with E-state index in [1.54, 1.807) is 6.07 Å². The van der Waals surface area contributed by atoms with Crippen molar-refractivity contribution < 1.29 is 31.4 Å². The maximum Gasteiger partial charge on any atom is 0.389 e. The van der Waals surface area contributed by atoms with E-state index in [4.69, 9.17) is 4.74 Å². The first-order valence-corrected chi connectivity index (χ1v) is 7.88. The molecule has 0 saturated heterocycles. The van der Waals surface area contributed by atoms with Gasteiger partial charge in [0.15, 0.2) is 5.96 Å². The highest BCUT2D eigenvalue weighted by atomic mass is 127. The van der Waals surface area contributed by atoms with E-state index in [9.17, 15) is 22.0 Å². The van der Waals surface area contributed by atoms with Gasteiger partial charge >= 0.3 is 12.8 Å². The average molecular weight is 511 g/mol. The first-order chi connectivity index (χ1) is 12.2. The van der Waals surface area contributed by atoms with Gasteiger partial charge < -0.3 is 20.1 Å². The average Bonchev–Trinajstić information content (AvgIpc) is 2.56. The predicted molar refractivity (Wildman–Crippen MR) is 103 cm³/mol. The number of nitrogens with zero attached hydrogens (tertiary/aromatic N) is 1. The highest BCUT2D eigenvalue weighted by Crippen LogP contribution is 2.25. The molecule has 1 aromatic rings. The molecule has 2 N–H and O–H groups in total. The summed E-state index contributed by atoms with van der Waals surface area (Å²) < 4.78 is 70.7. The van der Waals surface area contributed by atoms with Crippen molar-refractivity contribution in [2.45, 2.75) is 38.6 Å². The molecule has 0 amide bonds. The third-order valence-electron chi connectivity index (χ3n) is 3.33. The van der Waals surface area contributed by atoms with Crippen LogP contribution < -0.4 is 20.1 Å². The largest absolute Gasteiger partial charge is 0.497 e. The second-order valence-corrected chi connectivity index (χ2v) is 5.28. The van der Waals surface area contributed by atoms with Crippen LogP contribution in [0.15, 0.2) is 23.2 Å². The van der Waals surface area contributed by atoms with Crippen LogP contribution in [0.5, 0.6) is 11.5 Å². The molecule has 0 aliphatic rings. The van der Waals surface area contributed by atoms with E-state index in [0.29, 0.717) is 30.2 Å². The molecule has 0 aliphatic heterocycles. The Bertz CT molecular complexity index is 586. The number of methoxy groups -OCH3 is 1. The quantitative estimate of drug-likeness (QED) is 0.171. The minimum Gasteiger partial charge on any atom is -0.497 e. The zero-order valence-electron chi connectivity index (χ0n) is 14.9. The lowest BCUT2D eigenvalue weighted by Gasteiger charge is -2.15. The number of unbranched alkanes of at least 4 members (excludes halogenated alkanes) is 1. The number of aliphatic imine (C=N–C) groups is 1. The van der Waals surface area contributed by atoms with Crippen LogP contribution in [0, 0.1) is 0 Å².